The number of carbonyl (C=O) groups excluding carboxylic acids is 3. The Morgan fingerprint density at radius 2 is 1.68 bits per heavy atom. The predicted octanol–water partition coefficient (Wildman–Crippen LogP) is 2.26. The Balaban J connectivity index is 1.49. The molecule has 3 atom stereocenters. The molecule has 8 heteroatoms. The molecule has 2 saturated heterocycles. The van der Waals surface area contributed by atoms with Crippen molar-refractivity contribution in [2.45, 2.75) is 58.2 Å². The summed E-state index contributed by atoms with van der Waals surface area (Å²) in [5.74, 6) is -0.331. The largest absolute Gasteiger partial charge is 0.484 e. The average Bonchev–Trinajstić information content (AvgIpc) is 2.78. The van der Waals surface area contributed by atoms with Crippen LogP contribution < -0.4 is 4.74 Å². The van der Waals surface area contributed by atoms with Gasteiger partial charge in [-0.3, -0.25) is 9.59 Å². The SMILES string of the molecule is CC(OC(=O)c1ccc(OCC(=O)N2C(C)CCCC2C)cc1)C(=O)N1CCOCC1. The lowest BCUT2D eigenvalue weighted by atomic mass is 9.97. The van der Waals surface area contributed by atoms with Crippen molar-refractivity contribution in [3.8, 4) is 5.75 Å². The van der Waals surface area contributed by atoms with Crippen molar-refractivity contribution >= 4 is 17.8 Å². The van der Waals surface area contributed by atoms with Crippen LogP contribution in [0.2, 0.25) is 0 Å². The van der Waals surface area contributed by atoms with Gasteiger partial charge in [-0.05, 0) is 64.3 Å². The highest BCUT2D eigenvalue weighted by molar-refractivity contribution is 5.92. The maximum absolute atomic E-state index is 12.6. The molecule has 0 spiro atoms. The lowest BCUT2D eigenvalue weighted by Crippen LogP contribution is -2.49. The molecular weight excluding hydrogens is 400 g/mol. The highest BCUT2D eigenvalue weighted by Crippen LogP contribution is 2.23. The first-order valence-corrected chi connectivity index (χ1v) is 11.0. The zero-order chi connectivity index (χ0) is 22.4. The predicted molar refractivity (Wildman–Crippen MR) is 114 cm³/mol. The number of ether oxygens (including phenoxy) is 3. The van der Waals surface area contributed by atoms with E-state index in [0.717, 1.165) is 19.3 Å². The van der Waals surface area contributed by atoms with E-state index in [4.69, 9.17) is 14.2 Å². The van der Waals surface area contributed by atoms with Gasteiger partial charge in [0.05, 0.1) is 18.8 Å². The minimum absolute atomic E-state index is 0.0290. The Kier molecular flexibility index (Phi) is 7.90. The summed E-state index contributed by atoms with van der Waals surface area (Å²) < 4.78 is 16.2. The Morgan fingerprint density at radius 1 is 1.06 bits per heavy atom. The highest BCUT2D eigenvalue weighted by atomic mass is 16.5. The lowest BCUT2D eigenvalue weighted by Gasteiger charge is -2.38. The molecule has 3 unspecified atom stereocenters. The van der Waals surface area contributed by atoms with Gasteiger partial charge in [0.2, 0.25) is 0 Å². The summed E-state index contributed by atoms with van der Waals surface area (Å²) in [5, 5.41) is 0. The van der Waals surface area contributed by atoms with E-state index in [-0.39, 0.29) is 30.5 Å². The van der Waals surface area contributed by atoms with Crippen LogP contribution in [0, 0.1) is 0 Å². The van der Waals surface area contributed by atoms with Crippen molar-refractivity contribution in [3.63, 3.8) is 0 Å². The van der Waals surface area contributed by atoms with E-state index in [0.29, 0.717) is 37.6 Å². The number of benzene rings is 1. The Morgan fingerprint density at radius 3 is 2.29 bits per heavy atom. The van der Waals surface area contributed by atoms with Crippen LogP contribution in [0.25, 0.3) is 0 Å². The average molecular weight is 433 g/mol. The smallest absolute Gasteiger partial charge is 0.338 e. The van der Waals surface area contributed by atoms with Crippen LogP contribution in [0.5, 0.6) is 5.75 Å². The van der Waals surface area contributed by atoms with Gasteiger partial charge in [-0.15, -0.1) is 0 Å². The fourth-order valence-corrected chi connectivity index (χ4v) is 4.14. The number of hydrogen-bond acceptors (Lipinski definition) is 6. The van der Waals surface area contributed by atoms with Gasteiger partial charge in [0.15, 0.2) is 12.7 Å². The van der Waals surface area contributed by atoms with Crippen LogP contribution >= 0.6 is 0 Å². The molecule has 0 saturated carbocycles. The quantitative estimate of drug-likeness (QED) is 0.641. The van der Waals surface area contributed by atoms with Crippen molar-refractivity contribution in [2.75, 3.05) is 32.9 Å². The maximum Gasteiger partial charge on any atom is 0.338 e. The topological polar surface area (TPSA) is 85.4 Å². The number of amides is 2. The molecule has 0 aliphatic carbocycles. The zero-order valence-corrected chi connectivity index (χ0v) is 18.5. The molecular formula is C23H32N2O6. The normalized spacial score (nSPS) is 22.5. The van der Waals surface area contributed by atoms with Crippen LogP contribution in [0.4, 0.5) is 0 Å². The summed E-state index contributed by atoms with van der Waals surface area (Å²) in [7, 11) is 0. The van der Waals surface area contributed by atoms with E-state index in [1.54, 1.807) is 36.1 Å². The Bertz CT molecular complexity index is 765. The first-order chi connectivity index (χ1) is 14.9. The van der Waals surface area contributed by atoms with Gasteiger partial charge in [-0.1, -0.05) is 0 Å². The molecule has 3 rings (SSSR count). The van der Waals surface area contributed by atoms with Crippen LogP contribution in [0.15, 0.2) is 24.3 Å². The third-order valence-electron chi connectivity index (χ3n) is 5.89. The summed E-state index contributed by atoms with van der Waals surface area (Å²) in [6, 6.07) is 6.83. The fraction of sp³-hybridized carbons (Fsp3) is 0.609. The summed E-state index contributed by atoms with van der Waals surface area (Å²) in [6.07, 6.45) is 2.30. The van der Waals surface area contributed by atoms with E-state index in [1.165, 1.54) is 0 Å². The fourth-order valence-electron chi connectivity index (χ4n) is 4.14. The second-order valence-corrected chi connectivity index (χ2v) is 8.23. The van der Waals surface area contributed by atoms with Crippen molar-refractivity contribution in [1.29, 1.82) is 0 Å². The van der Waals surface area contributed by atoms with Gasteiger partial charge in [-0.25, -0.2) is 4.79 Å². The van der Waals surface area contributed by atoms with Gasteiger partial charge < -0.3 is 24.0 Å². The van der Waals surface area contributed by atoms with Crippen molar-refractivity contribution in [3.05, 3.63) is 29.8 Å². The van der Waals surface area contributed by atoms with Gasteiger partial charge in [-0.2, -0.15) is 0 Å². The molecule has 1 aromatic carbocycles. The minimum atomic E-state index is -0.868. The molecule has 0 N–H and O–H groups in total. The molecule has 2 heterocycles. The van der Waals surface area contributed by atoms with Crippen LogP contribution in [-0.2, 0) is 19.1 Å². The molecule has 8 nitrogen and oxygen atoms in total. The second kappa shape index (κ2) is 10.6. The lowest BCUT2D eigenvalue weighted by molar-refractivity contribution is -0.143. The molecule has 2 amide bonds. The molecule has 2 aliphatic heterocycles. The van der Waals surface area contributed by atoms with Crippen LogP contribution in [0.3, 0.4) is 0 Å². The van der Waals surface area contributed by atoms with E-state index >= 15 is 0 Å². The maximum atomic E-state index is 12.6. The second-order valence-electron chi connectivity index (χ2n) is 8.23. The third kappa shape index (κ3) is 5.97. The number of esters is 1. The van der Waals surface area contributed by atoms with Crippen molar-refractivity contribution in [2.24, 2.45) is 0 Å². The molecule has 0 radical (unpaired) electrons. The molecule has 31 heavy (non-hydrogen) atoms. The van der Waals surface area contributed by atoms with Crippen LogP contribution in [0.1, 0.15) is 50.4 Å². The van der Waals surface area contributed by atoms with Gasteiger partial charge in [0, 0.05) is 25.2 Å². The first-order valence-electron chi connectivity index (χ1n) is 11.0. The molecule has 2 aliphatic rings. The number of nitrogens with zero attached hydrogens (tertiary/aromatic N) is 2. The standard InChI is InChI=1S/C23H32N2O6/c1-16-5-4-6-17(2)25(16)21(26)15-30-20-9-7-19(8-10-20)23(28)31-18(3)22(27)24-11-13-29-14-12-24/h7-10,16-18H,4-6,11-15H2,1-3H3. The zero-order valence-electron chi connectivity index (χ0n) is 18.5. The van der Waals surface area contributed by atoms with Crippen molar-refractivity contribution in [1.82, 2.24) is 9.80 Å². The Hall–Kier alpha value is -2.61. The van der Waals surface area contributed by atoms with E-state index < -0.39 is 12.1 Å². The van der Waals surface area contributed by atoms with Gasteiger partial charge >= 0.3 is 5.97 Å². The Labute approximate surface area is 183 Å². The number of morpholine rings is 1. The van der Waals surface area contributed by atoms with E-state index in [1.807, 2.05) is 4.90 Å². The third-order valence-corrected chi connectivity index (χ3v) is 5.89. The summed E-state index contributed by atoms with van der Waals surface area (Å²) in [5.41, 5.74) is 0.318. The van der Waals surface area contributed by atoms with E-state index in [2.05, 4.69) is 13.8 Å². The summed E-state index contributed by atoms with van der Waals surface area (Å²) >= 11 is 0. The number of likely N-dealkylation sites (tertiary alicyclic amines) is 1. The highest BCUT2D eigenvalue weighted by Gasteiger charge is 2.29. The van der Waals surface area contributed by atoms with E-state index in [9.17, 15) is 14.4 Å². The number of carbonyl (C=O) groups is 3. The molecule has 0 aromatic heterocycles. The minimum Gasteiger partial charge on any atom is -0.484 e. The van der Waals surface area contributed by atoms with Crippen LogP contribution in [-0.4, -0.2) is 78.7 Å². The first kappa shape index (κ1) is 23.1. The molecule has 2 fully saturated rings. The molecule has 0 bridgehead atoms. The monoisotopic (exact) mass is 432 g/mol. The number of hydrogen-bond donors (Lipinski definition) is 0. The summed E-state index contributed by atoms with van der Waals surface area (Å²) in [6.45, 7) is 7.65. The molecule has 170 valence electrons. The number of piperidine rings is 1. The molecule has 1 aromatic rings. The van der Waals surface area contributed by atoms with Gasteiger partial charge in [0.25, 0.3) is 11.8 Å². The number of rotatable bonds is 6. The van der Waals surface area contributed by atoms with Gasteiger partial charge in [0.1, 0.15) is 5.75 Å². The summed E-state index contributed by atoms with van der Waals surface area (Å²) in [4.78, 5) is 40.9. The van der Waals surface area contributed by atoms with Crippen molar-refractivity contribution < 1.29 is 28.6 Å².